The molecule has 1 aromatic carbocycles. The zero-order valence-corrected chi connectivity index (χ0v) is 12.4. The highest BCUT2D eigenvalue weighted by Crippen LogP contribution is 2.36. The predicted molar refractivity (Wildman–Crippen MR) is 76.7 cm³/mol. The van der Waals surface area contributed by atoms with Crippen LogP contribution in [0.3, 0.4) is 0 Å². The normalized spacial score (nSPS) is 27.7. The van der Waals surface area contributed by atoms with E-state index in [0.29, 0.717) is 5.92 Å². The lowest BCUT2D eigenvalue weighted by Gasteiger charge is -2.20. The second kappa shape index (κ2) is 5.32. The first-order valence-electron chi connectivity index (χ1n) is 6.85. The molecule has 2 nitrogen and oxygen atoms in total. The third-order valence-corrected chi connectivity index (χ3v) is 4.86. The van der Waals surface area contributed by atoms with Crippen molar-refractivity contribution in [3.05, 3.63) is 33.8 Å². The van der Waals surface area contributed by atoms with Crippen LogP contribution in [0.4, 0.5) is 0 Å². The molecule has 1 heterocycles. The molecule has 0 aromatic heterocycles. The molecule has 0 amide bonds. The van der Waals surface area contributed by atoms with E-state index in [1.807, 2.05) is 0 Å². The number of aryl methyl sites for hydroxylation is 1. The second-order valence-corrected chi connectivity index (χ2v) is 6.39. The van der Waals surface area contributed by atoms with Crippen molar-refractivity contribution in [2.75, 3.05) is 13.2 Å². The smallest absolute Gasteiger partial charge is 0.0866 e. The van der Waals surface area contributed by atoms with Crippen molar-refractivity contribution in [2.45, 2.75) is 38.3 Å². The molecule has 1 aliphatic carbocycles. The van der Waals surface area contributed by atoms with Crippen LogP contribution in [0, 0.1) is 12.8 Å². The van der Waals surface area contributed by atoms with Crippen molar-refractivity contribution in [1.82, 2.24) is 5.32 Å². The van der Waals surface area contributed by atoms with Crippen LogP contribution >= 0.6 is 15.9 Å². The first-order valence-corrected chi connectivity index (χ1v) is 7.64. The Balaban J connectivity index is 1.70. The van der Waals surface area contributed by atoms with Crippen LogP contribution in [-0.4, -0.2) is 19.2 Å². The Morgan fingerprint density at radius 3 is 2.89 bits per heavy atom. The van der Waals surface area contributed by atoms with Crippen LogP contribution in [0.5, 0.6) is 0 Å². The topological polar surface area (TPSA) is 21.3 Å². The van der Waals surface area contributed by atoms with Crippen LogP contribution in [-0.2, 0) is 4.74 Å². The van der Waals surface area contributed by atoms with Gasteiger partial charge in [0.15, 0.2) is 0 Å². The van der Waals surface area contributed by atoms with E-state index in [2.05, 4.69) is 46.4 Å². The Bertz CT molecular complexity index is 431. The number of hydrogen-bond donors (Lipinski definition) is 1. The number of rotatable bonds is 4. The fourth-order valence-corrected chi connectivity index (χ4v) is 2.91. The van der Waals surface area contributed by atoms with Gasteiger partial charge in [0, 0.05) is 29.6 Å². The van der Waals surface area contributed by atoms with Gasteiger partial charge in [0.1, 0.15) is 0 Å². The standard InChI is InChI=1S/C15H20BrNO/c1-10-8-11(2-5-14(10)16)15-12(6-7-18-15)9-17-13-3-4-13/h2,5,8,12-13,15,17H,3-4,6-7,9H2,1H3. The summed E-state index contributed by atoms with van der Waals surface area (Å²) in [6.07, 6.45) is 4.17. The molecule has 1 aromatic rings. The molecule has 98 valence electrons. The minimum absolute atomic E-state index is 0.281. The Hall–Kier alpha value is -0.380. The average Bonchev–Trinajstić information content (AvgIpc) is 3.08. The third-order valence-electron chi connectivity index (χ3n) is 3.97. The Morgan fingerprint density at radius 1 is 1.33 bits per heavy atom. The van der Waals surface area contributed by atoms with E-state index in [1.165, 1.54) is 34.9 Å². The lowest BCUT2D eigenvalue weighted by Crippen LogP contribution is -2.26. The summed E-state index contributed by atoms with van der Waals surface area (Å²) in [7, 11) is 0. The minimum atomic E-state index is 0.281. The molecule has 2 unspecified atom stereocenters. The first kappa shape index (κ1) is 12.6. The molecule has 3 heteroatoms. The minimum Gasteiger partial charge on any atom is -0.373 e. The monoisotopic (exact) mass is 309 g/mol. The second-order valence-electron chi connectivity index (χ2n) is 5.53. The van der Waals surface area contributed by atoms with Gasteiger partial charge in [-0.2, -0.15) is 0 Å². The summed E-state index contributed by atoms with van der Waals surface area (Å²) >= 11 is 3.56. The summed E-state index contributed by atoms with van der Waals surface area (Å²) in [4.78, 5) is 0. The molecule has 1 N–H and O–H groups in total. The van der Waals surface area contributed by atoms with E-state index in [1.54, 1.807) is 0 Å². The molecule has 2 aliphatic rings. The molecule has 0 bridgehead atoms. The van der Waals surface area contributed by atoms with Crippen LogP contribution < -0.4 is 5.32 Å². The maximum absolute atomic E-state index is 5.94. The van der Waals surface area contributed by atoms with Gasteiger partial charge in [-0.05, 0) is 43.4 Å². The first-order chi connectivity index (χ1) is 8.74. The zero-order chi connectivity index (χ0) is 12.5. The van der Waals surface area contributed by atoms with Gasteiger partial charge in [-0.15, -0.1) is 0 Å². The summed E-state index contributed by atoms with van der Waals surface area (Å²) in [6, 6.07) is 7.37. The number of nitrogens with one attached hydrogen (secondary N) is 1. The Morgan fingerprint density at radius 2 is 2.17 bits per heavy atom. The van der Waals surface area contributed by atoms with E-state index in [0.717, 1.165) is 19.2 Å². The van der Waals surface area contributed by atoms with E-state index in [-0.39, 0.29) is 6.10 Å². The summed E-state index contributed by atoms with van der Waals surface area (Å²) in [6.45, 7) is 4.14. The maximum Gasteiger partial charge on any atom is 0.0866 e. The van der Waals surface area contributed by atoms with Crippen molar-refractivity contribution in [1.29, 1.82) is 0 Å². The average molecular weight is 310 g/mol. The molecule has 1 saturated heterocycles. The summed E-state index contributed by atoms with van der Waals surface area (Å²) in [5.41, 5.74) is 2.62. The SMILES string of the molecule is Cc1cc(C2OCCC2CNC2CC2)ccc1Br. The fraction of sp³-hybridized carbons (Fsp3) is 0.600. The van der Waals surface area contributed by atoms with Gasteiger partial charge in [-0.1, -0.05) is 28.1 Å². The third kappa shape index (κ3) is 2.79. The quantitative estimate of drug-likeness (QED) is 0.918. The van der Waals surface area contributed by atoms with Gasteiger partial charge in [-0.3, -0.25) is 0 Å². The summed E-state index contributed by atoms with van der Waals surface area (Å²) in [5, 5.41) is 3.64. The van der Waals surface area contributed by atoms with Crippen LogP contribution in [0.15, 0.2) is 22.7 Å². The number of hydrogen-bond acceptors (Lipinski definition) is 2. The van der Waals surface area contributed by atoms with Gasteiger partial charge in [-0.25, -0.2) is 0 Å². The van der Waals surface area contributed by atoms with Crippen molar-refractivity contribution in [2.24, 2.45) is 5.92 Å². The molecule has 0 spiro atoms. The number of benzene rings is 1. The predicted octanol–water partition coefficient (Wildman–Crippen LogP) is 3.59. The molecule has 18 heavy (non-hydrogen) atoms. The Kier molecular flexibility index (Phi) is 3.73. The van der Waals surface area contributed by atoms with Crippen LogP contribution in [0.1, 0.15) is 36.5 Å². The fourth-order valence-electron chi connectivity index (χ4n) is 2.66. The largest absolute Gasteiger partial charge is 0.373 e. The van der Waals surface area contributed by atoms with Crippen LogP contribution in [0.25, 0.3) is 0 Å². The Labute approximate surface area is 117 Å². The van der Waals surface area contributed by atoms with Crippen molar-refractivity contribution in [3.8, 4) is 0 Å². The number of ether oxygens (including phenoxy) is 1. The molecular weight excluding hydrogens is 290 g/mol. The van der Waals surface area contributed by atoms with Crippen molar-refractivity contribution < 1.29 is 4.74 Å². The molecular formula is C15H20BrNO. The lowest BCUT2D eigenvalue weighted by molar-refractivity contribution is 0.0904. The maximum atomic E-state index is 5.94. The summed E-state index contributed by atoms with van der Waals surface area (Å²) in [5.74, 6) is 0.631. The lowest BCUT2D eigenvalue weighted by atomic mass is 9.94. The molecule has 1 saturated carbocycles. The van der Waals surface area contributed by atoms with Gasteiger partial charge >= 0.3 is 0 Å². The molecule has 2 atom stereocenters. The van der Waals surface area contributed by atoms with E-state index in [9.17, 15) is 0 Å². The highest BCUT2D eigenvalue weighted by Gasteiger charge is 2.31. The van der Waals surface area contributed by atoms with Crippen molar-refractivity contribution >= 4 is 15.9 Å². The van der Waals surface area contributed by atoms with Gasteiger partial charge in [0.05, 0.1) is 6.10 Å². The highest BCUT2D eigenvalue weighted by atomic mass is 79.9. The molecule has 2 fully saturated rings. The number of halogens is 1. The molecule has 1 aliphatic heterocycles. The van der Waals surface area contributed by atoms with E-state index < -0.39 is 0 Å². The van der Waals surface area contributed by atoms with Gasteiger partial charge in [0.2, 0.25) is 0 Å². The van der Waals surface area contributed by atoms with E-state index >= 15 is 0 Å². The highest BCUT2D eigenvalue weighted by molar-refractivity contribution is 9.10. The van der Waals surface area contributed by atoms with Gasteiger partial charge in [0.25, 0.3) is 0 Å². The molecule has 3 rings (SSSR count). The summed E-state index contributed by atoms with van der Waals surface area (Å²) < 4.78 is 7.12. The zero-order valence-electron chi connectivity index (χ0n) is 10.8. The molecule has 0 radical (unpaired) electrons. The van der Waals surface area contributed by atoms with E-state index in [4.69, 9.17) is 4.74 Å². The van der Waals surface area contributed by atoms with Crippen LogP contribution in [0.2, 0.25) is 0 Å². The van der Waals surface area contributed by atoms with Gasteiger partial charge < -0.3 is 10.1 Å². The van der Waals surface area contributed by atoms with Crippen molar-refractivity contribution in [3.63, 3.8) is 0 Å².